The Bertz CT molecular complexity index is 96.6. The molecule has 0 spiro atoms. The van der Waals surface area contributed by atoms with E-state index < -0.39 is 17.0 Å². The Balaban J connectivity index is 5.14. The van der Waals surface area contributed by atoms with Crippen LogP contribution < -0.4 is 0 Å². The van der Waals surface area contributed by atoms with E-state index in [9.17, 15) is 21.2 Å². The standard InChI is InChI=1S/7FH.Nb/h7*1H;/q;;;;;;;+7/p-7. The van der Waals surface area contributed by atoms with Gasteiger partial charge in [0.25, 0.3) is 0 Å². The van der Waals surface area contributed by atoms with E-state index in [0.29, 0.717) is 0 Å². The predicted molar refractivity (Wildman–Crippen MR) is 7.76 cm³/mol. The maximum atomic E-state index is 9.94. The Kier molecular flexibility index (Phi) is 0.647. The molecule has 0 fully saturated rings. The van der Waals surface area contributed by atoms with Gasteiger partial charge in [0.1, 0.15) is 0 Å². The van der Waals surface area contributed by atoms with Crippen LogP contribution in [-0.2, 0) is 17.0 Å². The number of rotatable bonds is 0. The first-order chi connectivity index (χ1) is 2.65. The van der Waals surface area contributed by atoms with E-state index in [4.69, 9.17) is 0 Å². The van der Waals surface area contributed by atoms with Crippen molar-refractivity contribution in [2.24, 2.45) is 0 Å². The van der Waals surface area contributed by atoms with Crippen molar-refractivity contribution in [1.29, 1.82) is 0 Å². The van der Waals surface area contributed by atoms with Gasteiger partial charge in [-0.05, 0) is 0 Å². The van der Waals surface area contributed by atoms with Gasteiger partial charge in [0.15, 0.2) is 0 Å². The third-order valence-corrected chi connectivity index (χ3v) is 0. The zero-order valence-electron chi connectivity index (χ0n) is 3.09. The monoisotopic (exact) mass is 226 g/mol. The van der Waals surface area contributed by atoms with Gasteiger partial charge >= 0.3 is 38.2 Å². The van der Waals surface area contributed by atoms with E-state index in [2.05, 4.69) is 0 Å². The topological polar surface area (TPSA) is 0 Å². The van der Waals surface area contributed by atoms with Gasteiger partial charge in [0.05, 0.1) is 0 Å². The Morgan fingerprint density at radius 2 is 0.500 bits per heavy atom. The maximum absolute atomic E-state index is 13.3. The number of hydrogen-bond donors (Lipinski definition) is 0. The van der Waals surface area contributed by atoms with Crippen molar-refractivity contribution < 1.29 is 38.2 Å². The third kappa shape index (κ3) is 2750. The summed E-state index contributed by atoms with van der Waals surface area (Å²) in [5.41, 5.74) is 0. The second-order valence-electron chi connectivity index (χ2n) is 1.34. The van der Waals surface area contributed by atoms with Crippen LogP contribution in [0.5, 0.6) is 0 Å². The zero-order chi connectivity index (χ0) is 7.38. The Labute approximate surface area is 39.0 Å². The quantitative estimate of drug-likeness (QED) is 0.440. The molecule has 0 aromatic heterocycles. The minimum atomic E-state index is -13.3. The molecule has 0 radical (unpaired) electrons. The summed E-state index contributed by atoms with van der Waals surface area (Å²) in [6, 6.07) is 0. The molecular weight excluding hydrogens is 226 g/mol. The van der Waals surface area contributed by atoms with Gasteiger partial charge < -0.3 is 0 Å². The second-order valence-corrected chi connectivity index (χ2v) is 7.94. The first-order valence-electron chi connectivity index (χ1n) is 1.18. The molecule has 0 aromatic rings. The number of hydrogen-bond acceptors (Lipinski definition) is 0. The summed E-state index contributed by atoms with van der Waals surface area (Å²) >= 11 is -13.3. The molecule has 0 saturated carbocycles. The molecule has 0 rings (SSSR count). The molecule has 0 unspecified atom stereocenters. The fourth-order valence-electron chi connectivity index (χ4n) is 0. The average molecular weight is 226 g/mol. The van der Waals surface area contributed by atoms with Crippen LogP contribution in [0.1, 0.15) is 0 Å². The van der Waals surface area contributed by atoms with Crippen molar-refractivity contribution in [1.82, 2.24) is 0 Å². The Morgan fingerprint density at radius 3 is 0.500 bits per heavy atom. The van der Waals surface area contributed by atoms with Gasteiger partial charge in [-0.3, -0.25) is 0 Å². The van der Waals surface area contributed by atoms with Crippen LogP contribution in [0.4, 0.5) is 21.2 Å². The van der Waals surface area contributed by atoms with E-state index in [1.807, 2.05) is 0 Å². The molecule has 0 aliphatic heterocycles. The van der Waals surface area contributed by atoms with Crippen LogP contribution in [0.25, 0.3) is 0 Å². The second kappa shape index (κ2) is 0.627. The number of halogens is 7. The first kappa shape index (κ1) is 8.25. The van der Waals surface area contributed by atoms with Crippen LogP contribution >= 0.6 is 0 Å². The summed E-state index contributed by atoms with van der Waals surface area (Å²) in [7, 11) is 0. The Morgan fingerprint density at radius 1 is 0.500 bits per heavy atom. The van der Waals surface area contributed by atoms with Gasteiger partial charge in [-0.15, -0.1) is 0 Å². The van der Waals surface area contributed by atoms with E-state index in [0.717, 1.165) is 0 Å². The molecule has 8 heteroatoms. The van der Waals surface area contributed by atoms with Crippen LogP contribution in [0, 0.1) is 0 Å². The first-order valence-corrected chi connectivity index (χ1v) is 7.00. The molecule has 0 nitrogen and oxygen atoms in total. The van der Waals surface area contributed by atoms with Crippen LogP contribution in [-0.4, -0.2) is 0 Å². The SMILES string of the molecule is [F][Nb]([F])([F])([F])([F])([F])[F]. The minimum absolute atomic E-state index is 9.94. The summed E-state index contributed by atoms with van der Waals surface area (Å²) in [5, 5.41) is 0. The molecule has 0 amide bonds. The molecular formula is F7Nb. The summed E-state index contributed by atoms with van der Waals surface area (Å²) in [5.74, 6) is 0. The summed E-state index contributed by atoms with van der Waals surface area (Å²) in [4.78, 5) is 0. The predicted octanol–water partition coefficient (Wildman–Crippen LogP) is 2.94. The zero-order valence-corrected chi connectivity index (χ0v) is 5.29. The fourth-order valence-corrected chi connectivity index (χ4v) is 0. The van der Waals surface area contributed by atoms with Crippen LogP contribution in [0.3, 0.4) is 0 Å². The van der Waals surface area contributed by atoms with Gasteiger partial charge in [0.2, 0.25) is 0 Å². The van der Waals surface area contributed by atoms with Crippen molar-refractivity contribution in [3.8, 4) is 0 Å². The van der Waals surface area contributed by atoms with Crippen LogP contribution in [0.2, 0.25) is 0 Å². The van der Waals surface area contributed by atoms with Crippen LogP contribution in [0.15, 0.2) is 0 Å². The van der Waals surface area contributed by atoms with Crippen molar-refractivity contribution >= 4 is 0 Å². The van der Waals surface area contributed by atoms with Gasteiger partial charge in [-0.2, -0.15) is 0 Å². The summed E-state index contributed by atoms with van der Waals surface area (Å²) in [6.07, 6.45) is 0. The van der Waals surface area contributed by atoms with Gasteiger partial charge in [-0.25, -0.2) is 0 Å². The molecule has 54 valence electrons. The molecule has 0 bridgehead atoms. The normalized spacial score (nSPS) is 27.1. The van der Waals surface area contributed by atoms with E-state index in [1.165, 1.54) is 0 Å². The molecule has 0 aliphatic carbocycles. The molecule has 0 atom stereocenters. The Hall–Kier alpha value is 0.250. The summed E-state index contributed by atoms with van der Waals surface area (Å²) < 4.78 is 69.6. The van der Waals surface area contributed by atoms with Crippen molar-refractivity contribution in [3.05, 3.63) is 0 Å². The molecule has 8 heavy (non-hydrogen) atoms. The van der Waals surface area contributed by atoms with Gasteiger partial charge in [-0.1, -0.05) is 0 Å². The molecule has 0 aliphatic rings. The summed E-state index contributed by atoms with van der Waals surface area (Å²) in [6.45, 7) is 0. The average Bonchev–Trinajstić information content (AvgIpc) is 0.544. The molecule has 0 heterocycles. The van der Waals surface area contributed by atoms with E-state index in [1.54, 1.807) is 0 Å². The van der Waals surface area contributed by atoms with E-state index >= 15 is 0 Å². The van der Waals surface area contributed by atoms with E-state index in [-0.39, 0.29) is 0 Å². The van der Waals surface area contributed by atoms with Crippen molar-refractivity contribution in [2.75, 3.05) is 0 Å². The fraction of sp³-hybridized carbons (Fsp3) is 0. The van der Waals surface area contributed by atoms with Gasteiger partial charge in [0, 0.05) is 0 Å². The molecule has 0 aromatic carbocycles. The molecule has 0 N–H and O–H groups in total. The van der Waals surface area contributed by atoms with Crippen molar-refractivity contribution in [3.63, 3.8) is 0 Å². The van der Waals surface area contributed by atoms with Crippen molar-refractivity contribution in [2.45, 2.75) is 0 Å². The third-order valence-electron chi connectivity index (χ3n) is 0. The molecule has 0 saturated heterocycles.